The molecular formula is C9H6N4OS. The number of thiazole rings is 1. The summed E-state index contributed by atoms with van der Waals surface area (Å²) in [7, 11) is 0. The Labute approximate surface area is 88.6 Å². The Balaban J connectivity index is 2.19. The molecule has 0 saturated carbocycles. The van der Waals surface area contributed by atoms with Crippen LogP contribution in [-0.2, 0) is 0 Å². The standard InChI is InChI=1S/C9H6N4OS/c10-9-13-12-7(14-9)8-11-5-3-1-2-4-6(5)15-8/h1-4H,(H2,10,13). The van der Waals surface area contributed by atoms with Crippen LogP contribution in [0, 0.1) is 0 Å². The molecule has 3 rings (SSSR count). The van der Waals surface area contributed by atoms with Crippen molar-refractivity contribution in [3.8, 4) is 10.9 Å². The lowest BCUT2D eigenvalue weighted by Gasteiger charge is -1.81. The molecule has 0 spiro atoms. The second kappa shape index (κ2) is 3.03. The molecule has 3 aromatic rings. The van der Waals surface area contributed by atoms with E-state index >= 15 is 0 Å². The minimum Gasteiger partial charge on any atom is -0.401 e. The van der Waals surface area contributed by atoms with Crippen molar-refractivity contribution in [1.29, 1.82) is 0 Å². The van der Waals surface area contributed by atoms with Crippen LogP contribution in [0.25, 0.3) is 21.1 Å². The maximum atomic E-state index is 5.35. The zero-order valence-corrected chi connectivity index (χ0v) is 8.36. The molecule has 2 N–H and O–H groups in total. The summed E-state index contributed by atoms with van der Waals surface area (Å²) in [5.74, 6) is 0.369. The summed E-state index contributed by atoms with van der Waals surface area (Å²) < 4.78 is 6.19. The lowest BCUT2D eigenvalue weighted by Crippen LogP contribution is -1.81. The summed E-state index contributed by atoms with van der Waals surface area (Å²) in [6, 6.07) is 7.90. The Morgan fingerprint density at radius 2 is 2.07 bits per heavy atom. The van der Waals surface area contributed by atoms with Crippen molar-refractivity contribution < 1.29 is 4.42 Å². The van der Waals surface area contributed by atoms with Crippen molar-refractivity contribution >= 4 is 27.6 Å². The lowest BCUT2D eigenvalue weighted by atomic mass is 10.3. The lowest BCUT2D eigenvalue weighted by molar-refractivity contribution is 0.590. The van der Waals surface area contributed by atoms with Crippen molar-refractivity contribution in [2.45, 2.75) is 0 Å². The molecule has 0 bridgehead atoms. The zero-order chi connectivity index (χ0) is 10.3. The molecule has 1 aromatic carbocycles. The van der Waals surface area contributed by atoms with Gasteiger partial charge in [-0.1, -0.05) is 17.2 Å². The number of aromatic nitrogens is 3. The highest BCUT2D eigenvalue weighted by atomic mass is 32.1. The van der Waals surface area contributed by atoms with Crippen molar-refractivity contribution in [2.24, 2.45) is 0 Å². The third-order valence-corrected chi connectivity index (χ3v) is 2.94. The van der Waals surface area contributed by atoms with E-state index in [0.717, 1.165) is 10.2 Å². The van der Waals surface area contributed by atoms with Gasteiger partial charge >= 0.3 is 6.01 Å². The molecule has 0 amide bonds. The van der Waals surface area contributed by atoms with Crippen LogP contribution in [0.5, 0.6) is 0 Å². The number of rotatable bonds is 1. The molecule has 0 radical (unpaired) electrons. The fourth-order valence-corrected chi connectivity index (χ4v) is 2.17. The fourth-order valence-electron chi connectivity index (χ4n) is 1.28. The quantitative estimate of drug-likeness (QED) is 0.675. The van der Waals surface area contributed by atoms with E-state index in [1.165, 1.54) is 11.3 Å². The molecular weight excluding hydrogens is 212 g/mol. The summed E-state index contributed by atoms with van der Waals surface area (Å²) in [6.07, 6.45) is 0. The number of para-hydroxylation sites is 1. The van der Waals surface area contributed by atoms with Crippen LogP contribution < -0.4 is 5.73 Å². The van der Waals surface area contributed by atoms with Gasteiger partial charge in [0.05, 0.1) is 10.2 Å². The molecule has 0 aliphatic rings. The minimum absolute atomic E-state index is 0.0595. The molecule has 6 heteroatoms. The monoisotopic (exact) mass is 218 g/mol. The maximum Gasteiger partial charge on any atom is 0.313 e. The summed E-state index contributed by atoms with van der Waals surface area (Å²) in [4.78, 5) is 4.36. The first-order chi connectivity index (χ1) is 7.33. The van der Waals surface area contributed by atoms with Gasteiger partial charge in [0.25, 0.3) is 5.89 Å². The number of fused-ring (bicyclic) bond motifs is 1. The number of nitrogen functional groups attached to an aromatic ring is 1. The van der Waals surface area contributed by atoms with Crippen molar-refractivity contribution in [2.75, 3.05) is 5.73 Å². The second-order valence-corrected chi connectivity index (χ2v) is 3.96. The Hall–Kier alpha value is -1.95. The average molecular weight is 218 g/mol. The van der Waals surface area contributed by atoms with Gasteiger partial charge in [-0.25, -0.2) is 4.98 Å². The summed E-state index contributed by atoms with van der Waals surface area (Å²) >= 11 is 1.50. The zero-order valence-electron chi connectivity index (χ0n) is 7.54. The molecule has 0 fully saturated rings. The molecule has 15 heavy (non-hydrogen) atoms. The third kappa shape index (κ3) is 1.35. The summed E-state index contributed by atoms with van der Waals surface area (Å²) in [6.45, 7) is 0. The van der Waals surface area contributed by atoms with E-state index in [9.17, 15) is 0 Å². The predicted molar refractivity (Wildman–Crippen MR) is 57.3 cm³/mol. The Bertz CT molecular complexity index is 582. The van der Waals surface area contributed by atoms with Crippen molar-refractivity contribution in [3.05, 3.63) is 24.3 Å². The molecule has 0 unspecified atom stereocenters. The highest BCUT2D eigenvalue weighted by molar-refractivity contribution is 7.21. The first kappa shape index (κ1) is 8.37. The number of nitrogens with two attached hydrogens (primary N) is 1. The average Bonchev–Trinajstić information content (AvgIpc) is 2.82. The summed E-state index contributed by atoms with van der Waals surface area (Å²) in [5.41, 5.74) is 6.27. The van der Waals surface area contributed by atoms with Gasteiger partial charge < -0.3 is 10.2 Å². The first-order valence-electron chi connectivity index (χ1n) is 4.28. The topological polar surface area (TPSA) is 77.8 Å². The van der Waals surface area contributed by atoms with Gasteiger partial charge in [-0.3, -0.25) is 0 Å². The summed E-state index contributed by atoms with van der Waals surface area (Å²) in [5, 5.41) is 8.07. The van der Waals surface area contributed by atoms with Gasteiger partial charge in [-0.15, -0.1) is 16.4 Å². The van der Waals surface area contributed by atoms with Gasteiger partial charge in [-0.2, -0.15) is 0 Å². The van der Waals surface area contributed by atoms with Crippen LogP contribution in [0.4, 0.5) is 6.01 Å². The van der Waals surface area contributed by atoms with Crippen LogP contribution in [0.2, 0.25) is 0 Å². The fraction of sp³-hybridized carbons (Fsp3) is 0. The molecule has 0 atom stereocenters. The van der Waals surface area contributed by atoms with E-state index in [0.29, 0.717) is 10.9 Å². The van der Waals surface area contributed by atoms with E-state index in [-0.39, 0.29) is 6.01 Å². The number of hydrogen-bond donors (Lipinski definition) is 1. The highest BCUT2D eigenvalue weighted by Gasteiger charge is 2.11. The third-order valence-electron chi connectivity index (χ3n) is 1.92. The van der Waals surface area contributed by atoms with E-state index < -0.39 is 0 Å². The predicted octanol–water partition coefficient (Wildman–Crippen LogP) is 1.93. The van der Waals surface area contributed by atoms with Crippen LogP contribution in [0.3, 0.4) is 0 Å². The van der Waals surface area contributed by atoms with E-state index in [4.69, 9.17) is 10.2 Å². The van der Waals surface area contributed by atoms with Gasteiger partial charge in [0.1, 0.15) is 0 Å². The van der Waals surface area contributed by atoms with E-state index in [1.807, 2.05) is 24.3 Å². The maximum absolute atomic E-state index is 5.35. The van der Waals surface area contributed by atoms with Crippen LogP contribution in [-0.4, -0.2) is 15.2 Å². The second-order valence-electron chi connectivity index (χ2n) is 2.93. The smallest absolute Gasteiger partial charge is 0.313 e. The minimum atomic E-state index is 0.0595. The van der Waals surface area contributed by atoms with Crippen LogP contribution >= 0.6 is 11.3 Å². The van der Waals surface area contributed by atoms with Gasteiger partial charge in [0, 0.05) is 0 Å². The number of hydrogen-bond acceptors (Lipinski definition) is 6. The van der Waals surface area contributed by atoms with Crippen molar-refractivity contribution in [1.82, 2.24) is 15.2 Å². The normalized spacial score (nSPS) is 10.9. The van der Waals surface area contributed by atoms with Crippen LogP contribution in [0.15, 0.2) is 28.7 Å². The van der Waals surface area contributed by atoms with Gasteiger partial charge in [-0.05, 0) is 12.1 Å². The van der Waals surface area contributed by atoms with E-state index in [2.05, 4.69) is 15.2 Å². The SMILES string of the molecule is Nc1nnc(-c2nc3ccccc3s2)o1. The molecule has 0 saturated heterocycles. The van der Waals surface area contributed by atoms with Crippen LogP contribution in [0.1, 0.15) is 0 Å². The first-order valence-corrected chi connectivity index (χ1v) is 5.09. The molecule has 0 aliphatic carbocycles. The molecule has 0 aliphatic heterocycles. The number of nitrogens with zero attached hydrogens (tertiary/aromatic N) is 3. The Morgan fingerprint density at radius 1 is 1.20 bits per heavy atom. The molecule has 5 nitrogen and oxygen atoms in total. The number of anilines is 1. The van der Waals surface area contributed by atoms with Crippen molar-refractivity contribution in [3.63, 3.8) is 0 Å². The van der Waals surface area contributed by atoms with Gasteiger partial charge in [0.15, 0.2) is 5.01 Å². The molecule has 74 valence electrons. The molecule has 2 heterocycles. The number of benzene rings is 1. The Kier molecular flexibility index (Phi) is 1.69. The van der Waals surface area contributed by atoms with E-state index in [1.54, 1.807) is 0 Å². The molecule has 2 aromatic heterocycles. The van der Waals surface area contributed by atoms with Gasteiger partial charge in [0.2, 0.25) is 0 Å². The largest absolute Gasteiger partial charge is 0.401 e. The Morgan fingerprint density at radius 3 is 2.80 bits per heavy atom. The highest BCUT2D eigenvalue weighted by Crippen LogP contribution is 2.29.